The van der Waals surface area contributed by atoms with Gasteiger partial charge in [-0.3, -0.25) is 0 Å². The summed E-state index contributed by atoms with van der Waals surface area (Å²) in [5.74, 6) is 0.300. The molecule has 2 fully saturated rings. The molecule has 2 unspecified atom stereocenters. The minimum Gasteiger partial charge on any atom is -0.387 e. The molecule has 112 valence electrons. The second-order valence-electron chi connectivity index (χ2n) is 6.23. The molecule has 0 radical (unpaired) electrons. The highest BCUT2D eigenvalue weighted by Crippen LogP contribution is 2.44. The van der Waals surface area contributed by atoms with E-state index in [4.69, 9.17) is 4.74 Å². The third kappa shape index (κ3) is 2.76. The maximum Gasteiger partial charge on any atom is 0.0947 e. The van der Waals surface area contributed by atoms with Crippen LogP contribution in [0, 0.1) is 5.92 Å². The van der Waals surface area contributed by atoms with Gasteiger partial charge in [-0.2, -0.15) is 0 Å². The molecule has 1 aromatic rings. The maximum atomic E-state index is 10.7. The lowest BCUT2D eigenvalue weighted by atomic mass is 9.74. The Morgan fingerprint density at radius 1 is 1.40 bits per heavy atom. The van der Waals surface area contributed by atoms with Crippen molar-refractivity contribution in [1.82, 2.24) is 9.59 Å². The van der Waals surface area contributed by atoms with Gasteiger partial charge in [-0.15, -0.1) is 5.10 Å². The standard InChI is InChI=1S/C15H24N2O2S/c1-2-12-14(20-17-16-12)13(18)11-6-9-19-15(10-11)7-4-3-5-8-15/h11,13,18H,2-10H2,1H3. The van der Waals surface area contributed by atoms with Gasteiger partial charge in [-0.25, -0.2) is 0 Å². The fraction of sp³-hybridized carbons (Fsp3) is 0.867. The van der Waals surface area contributed by atoms with Gasteiger partial charge >= 0.3 is 0 Å². The Bertz CT molecular complexity index is 437. The summed E-state index contributed by atoms with van der Waals surface area (Å²) in [7, 11) is 0. The van der Waals surface area contributed by atoms with Crippen molar-refractivity contribution in [3.05, 3.63) is 10.6 Å². The smallest absolute Gasteiger partial charge is 0.0947 e. The second kappa shape index (κ2) is 6.08. The number of hydrogen-bond acceptors (Lipinski definition) is 5. The van der Waals surface area contributed by atoms with Crippen LogP contribution in [0.15, 0.2) is 0 Å². The molecule has 20 heavy (non-hydrogen) atoms. The van der Waals surface area contributed by atoms with Crippen LogP contribution in [-0.2, 0) is 11.2 Å². The van der Waals surface area contributed by atoms with Gasteiger partial charge in [0.1, 0.15) is 0 Å². The lowest BCUT2D eigenvalue weighted by molar-refractivity contribution is -0.133. The third-order valence-corrected chi connectivity index (χ3v) is 5.77. The molecule has 1 spiro atoms. The lowest BCUT2D eigenvalue weighted by Gasteiger charge is -2.44. The van der Waals surface area contributed by atoms with Crippen LogP contribution in [0.3, 0.4) is 0 Å². The Balaban J connectivity index is 1.73. The Hall–Kier alpha value is -0.520. The summed E-state index contributed by atoms with van der Waals surface area (Å²) in [5.41, 5.74) is 1.01. The van der Waals surface area contributed by atoms with E-state index in [2.05, 4.69) is 16.5 Å². The molecule has 1 aliphatic heterocycles. The molecule has 1 saturated heterocycles. The number of aromatic nitrogens is 2. The van der Waals surface area contributed by atoms with Crippen LogP contribution in [0.1, 0.15) is 68.5 Å². The summed E-state index contributed by atoms with van der Waals surface area (Å²) in [6.07, 6.45) is 8.58. The monoisotopic (exact) mass is 296 g/mol. The van der Waals surface area contributed by atoms with Crippen LogP contribution in [0.2, 0.25) is 0 Å². The highest BCUT2D eigenvalue weighted by Gasteiger charge is 2.41. The van der Waals surface area contributed by atoms with E-state index in [1.54, 1.807) is 0 Å². The highest BCUT2D eigenvalue weighted by atomic mass is 32.1. The number of nitrogens with zero attached hydrogens (tertiary/aromatic N) is 2. The fourth-order valence-corrected chi connectivity index (χ4v) is 4.60. The third-order valence-electron chi connectivity index (χ3n) is 4.93. The first-order valence-corrected chi connectivity index (χ1v) is 8.64. The molecule has 1 aliphatic carbocycles. The zero-order valence-electron chi connectivity index (χ0n) is 12.2. The number of aliphatic hydroxyl groups excluding tert-OH is 1. The molecule has 0 amide bonds. The zero-order valence-corrected chi connectivity index (χ0v) is 13.0. The lowest BCUT2D eigenvalue weighted by Crippen LogP contribution is -2.42. The predicted octanol–water partition coefficient (Wildman–Crippen LogP) is 3.26. The van der Waals surface area contributed by atoms with Gasteiger partial charge in [-0.1, -0.05) is 30.7 Å². The SMILES string of the molecule is CCc1nnsc1C(O)C1CCOC2(CCCCC2)C1. The van der Waals surface area contributed by atoms with E-state index >= 15 is 0 Å². The van der Waals surface area contributed by atoms with Crippen LogP contribution in [0.25, 0.3) is 0 Å². The van der Waals surface area contributed by atoms with Crippen LogP contribution < -0.4 is 0 Å². The van der Waals surface area contributed by atoms with Crippen molar-refractivity contribution in [2.24, 2.45) is 5.92 Å². The number of rotatable bonds is 3. The quantitative estimate of drug-likeness (QED) is 0.930. The number of hydrogen-bond donors (Lipinski definition) is 1. The summed E-state index contributed by atoms with van der Waals surface area (Å²) in [6, 6.07) is 0. The van der Waals surface area contributed by atoms with Crippen molar-refractivity contribution in [2.75, 3.05) is 6.61 Å². The van der Waals surface area contributed by atoms with Crippen molar-refractivity contribution in [3.63, 3.8) is 0 Å². The molecule has 1 saturated carbocycles. The molecule has 2 heterocycles. The van der Waals surface area contributed by atoms with Gasteiger partial charge in [0.15, 0.2) is 0 Å². The summed E-state index contributed by atoms with van der Waals surface area (Å²) >= 11 is 1.36. The minimum absolute atomic E-state index is 0.0483. The van der Waals surface area contributed by atoms with E-state index in [9.17, 15) is 5.11 Å². The van der Waals surface area contributed by atoms with Gasteiger partial charge in [0, 0.05) is 6.61 Å². The van der Waals surface area contributed by atoms with E-state index in [1.807, 2.05) is 0 Å². The van der Waals surface area contributed by atoms with Crippen molar-refractivity contribution >= 4 is 11.5 Å². The summed E-state index contributed by atoms with van der Waals surface area (Å²) < 4.78 is 10.1. The molecular formula is C15H24N2O2S. The molecule has 1 aromatic heterocycles. The van der Waals surface area contributed by atoms with E-state index in [0.717, 1.165) is 49.3 Å². The first kappa shape index (κ1) is 14.4. The van der Waals surface area contributed by atoms with Crippen molar-refractivity contribution in [2.45, 2.75) is 70.0 Å². The molecule has 4 nitrogen and oxygen atoms in total. The molecule has 0 aromatic carbocycles. The molecule has 2 aliphatic rings. The minimum atomic E-state index is -0.410. The zero-order chi connectivity index (χ0) is 14.0. The normalized spacial score (nSPS) is 27.6. The van der Waals surface area contributed by atoms with Crippen molar-refractivity contribution in [3.8, 4) is 0 Å². The van der Waals surface area contributed by atoms with E-state index in [1.165, 1.54) is 30.8 Å². The van der Waals surface area contributed by atoms with Crippen molar-refractivity contribution in [1.29, 1.82) is 0 Å². The van der Waals surface area contributed by atoms with Gasteiger partial charge < -0.3 is 9.84 Å². The molecule has 5 heteroatoms. The Morgan fingerprint density at radius 3 is 2.95 bits per heavy atom. The molecule has 0 bridgehead atoms. The first-order chi connectivity index (χ1) is 9.74. The average Bonchev–Trinajstić information content (AvgIpc) is 2.96. The number of aliphatic hydroxyl groups is 1. The summed E-state index contributed by atoms with van der Waals surface area (Å²) in [6.45, 7) is 2.86. The molecule has 3 rings (SSSR count). The topological polar surface area (TPSA) is 55.2 Å². The van der Waals surface area contributed by atoms with Gasteiger partial charge in [-0.05, 0) is 49.6 Å². The Morgan fingerprint density at radius 2 is 2.20 bits per heavy atom. The van der Waals surface area contributed by atoms with Crippen LogP contribution in [0.4, 0.5) is 0 Å². The van der Waals surface area contributed by atoms with Crippen LogP contribution in [-0.4, -0.2) is 26.9 Å². The van der Waals surface area contributed by atoms with Crippen molar-refractivity contribution < 1.29 is 9.84 Å². The van der Waals surface area contributed by atoms with Crippen LogP contribution in [0.5, 0.6) is 0 Å². The fourth-order valence-electron chi connectivity index (χ4n) is 3.78. The van der Waals surface area contributed by atoms with Gasteiger partial charge in [0.05, 0.1) is 22.3 Å². The van der Waals surface area contributed by atoms with E-state index in [0.29, 0.717) is 5.92 Å². The largest absolute Gasteiger partial charge is 0.387 e. The van der Waals surface area contributed by atoms with Crippen LogP contribution >= 0.6 is 11.5 Å². The van der Waals surface area contributed by atoms with Gasteiger partial charge in [0.25, 0.3) is 0 Å². The summed E-state index contributed by atoms with van der Waals surface area (Å²) in [4.78, 5) is 0.977. The first-order valence-electron chi connectivity index (χ1n) is 7.87. The predicted molar refractivity (Wildman–Crippen MR) is 78.7 cm³/mol. The molecule has 1 N–H and O–H groups in total. The number of aryl methyl sites for hydroxylation is 1. The average molecular weight is 296 g/mol. The highest BCUT2D eigenvalue weighted by molar-refractivity contribution is 7.05. The summed E-state index contributed by atoms with van der Waals surface area (Å²) in [5, 5.41) is 14.9. The van der Waals surface area contributed by atoms with E-state index < -0.39 is 6.10 Å². The second-order valence-corrected chi connectivity index (χ2v) is 7.01. The molecular weight excluding hydrogens is 272 g/mol. The van der Waals surface area contributed by atoms with Gasteiger partial charge in [0.2, 0.25) is 0 Å². The van der Waals surface area contributed by atoms with E-state index in [-0.39, 0.29) is 5.60 Å². The maximum absolute atomic E-state index is 10.7. The number of ether oxygens (including phenoxy) is 1. The Labute approximate surface area is 124 Å². The molecule has 2 atom stereocenters. The Kier molecular flexibility index (Phi) is 4.38.